The van der Waals surface area contributed by atoms with E-state index in [9.17, 15) is 0 Å². The van der Waals surface area contributed by atoms with Crippen LogP contribution >= 0.6 is 0 Å². The van der Waals surface area contributed by atoms with E-state index in [1.165, 1.54) is 37.1 Å². The number of unbranched alkanes of at least 4 members (excludes halogenated alkanes) is 2. The third-order valence-corrected chi connectivity index (χ3v) is 4.35. The standard InChI is InChI=1S/C20H25NO/c1-3-4-6-11-16(2)21-17-12-7-5-8-14-19(17)22-20-15-10-9-13-18(20)21/h5,8-10,12-16H,3-4,6-7,11H2,1-2H3. The van der Waals surface area contributed by atoms with Gasteiger partial charge in [-0.1, -0.05) is 56.5 Å². The number of ether oxygens (including phenoxy) is 1. The summed E-state index contributed by atoms with van der Waals surface area (Å²) in [7, 11) is 0. The SMILES string of the molecule is CCCCCC(C)N1C2=CCC=CC=C2Oc2ccccc21. The molecule has 1 atom stereocenters. The van der Waals surface area contributed by atoms with Gasteiger partial charge in [-0.3, -0.25) is 0 Å². The molecule has 1 aliphatic carbocycles. The van der Waals surface area contributed by atoms with Gasteiger partial charge in [-0.15, -0.1) is 0 Å². The molecule has 0 bridgehead atoms. The molecule has 1 aromatic rings. The smallest absolute Gasteiger partial charge is 0.151 e. The second-order valence-corrected chi connectivity index (χ2v) is 6.07. The van der Waals surface area contributed by atoms with Crippen molar-refractivity contribution in [1.82, 2.24) is 0 Å². The predicted molar refractivity (Wildman–Crippen MR) is 93.1 cm³/mol. The van der Waals surface area contributed by atoms with Crippen molar-refractivity contribution >= 4 is 5.69 Å². The van der Waals surface area contributed by atoms with Gasteiger partial charge in [-0.05, 0) is 38.0 Å². The number of hydrogen-bond donors (Lipinski definition) is 0. The van der Waals surface area contributed by atoms with Crippen LogP contribution in [0.2, 0.25) is 0 Å². The van der Waals surface area contributed by atoms with Crippen LogP contribution in [0, 0.1) is 0 Å². The Morgan fingerprint density at radius 3 is 2.95 bits per heavy atom. The van der Waals surface area contributed by atoms with Gasteiger partial charge < -0.3 is 9.64 Å². The zero-order chi connectivity index (χ0) is 15.4. The summed E-state index contributed by atoms with van der Waals surface area (Å²) in [5.74, 6) is 1.93. The van der Waals surface area contributed by atoms with E-state index >= 15 is 0 Å². The fraction of sp³-hybridized carbons (Fsp3) is 0.400. The summed E-state index contributed by atoms with van der Waals surface area (Å²) in [5, 5.41) is 0. The Morgan fingerprint density at radius 2 is 2.09 bits per heavy atom. The molecule has 1 aromatic carbocycles. The predicted octanol–water partition coefficient (Wildman–Crippen LogP) is 5.58. The van der Waals surface area contributed by atoms with Gasteiger partial charge in [-0.2, -0.15) is 0 Å². The minimum absolute atomic E-state index is 0.476. The monoisotopic (exact) mass is 295 g/mol. The highest BCUT2D eigenvalue weighted by Gasteiger charge is 2.29. The molecule has 0 saturated heterocycles. The normalized spacial score (nSPS) is 17.6. The zero-order valence-electron chi connectivity index (χ0n) is 13.6. The molecule has 0 amide bonds. The summed E-state index contributed by atoms with van der Waals surface area (Å²) in [6, 6.07) is 8.84. The topological polar surface area (TPSA) is 12.5 Å². The Morgan fingerprint density at radius 1 is 1.23 bits per heavy atom. The Hall–Kier alpha value is -1.96. The lowest BCUT2D eigenvalue weighted by Crippen LogP contribution is -2.36. The average molecular weight is 295 g/mol. The lowest BCUT2D eigenvalue weighted by atomic mass is 10.0. The van der Waals surface area contributed by atoms with Crippen LogP contribution < -0.4 is 9.64 Å². The Bertz CT molecular complexity index is 612. The molecule has 0 saturated carbocycles. The van der Waals surface area contributed by atoms with Crippen LogP contribution in [-0.2, 0) is 0 Å². The van der Waals surface area contributed by atoms with Crippen molar-refractivity contribution in [3.05, 3.63) is 60.0 Å². The maximum atomic E-state index is 6.12. The summed E-state index contributed by atoms with van der Waals surface area (Å²) < 4.78 is 6.12. The van der Waals surface area contributed by atoms with Crippen LogP contribution in [0.4, 0.5) is 5.69 Å². The molecule has 1 heterocycles. The second-order valence-electron chi connectivity index (χ2n) is 6.07. The van der Waals surface area contributed by atoms with Crippen molar-refractivity contribution in [3.8, 4) is 5.75 Å². The molecular weight excluding hydrogens is 270 g/mol. The molecule has 1 aliphatic heterocycles. The molecule has 3 rings (SSSR count). The Balaban J connectivity index is 1.95. The number of allylic oxidation sites excluding steroid dienone is 4. The van der Waals surface area contributed by atoms with Crippen molar-refractivity contribution in [3.63, 3.8) is 0 Å². The summed E-state index contributed by atoms with van der Waals surface area (Å²) in [5.41, 5.74) is 2.41. The van der Waals surface area contributed by atoms with Crippen LogP contribution in [0.1, 0.15) is 46.0 Å². The van der Waals surface area contributed by atoms with Gasteiger partial charge >= 0.3 is 0 Å². The first kappa shape index (κ1) is 15.0. The van der Waals surface area contributed by atoms with Gasteiger partial charge in [0.15, 0.2) is 11.5 Å². The number of anilines is 1. The highest BCUT2D eigenvalue weighted by molar-refractivity contribution is 5.69. The quantitative estimate of drug-likeness (QED) is 0.657. The first-order valence-corrected chi connectivity index (χ1v) is 8.44. The van der Waals surface area contributed by atoms with Crippen LogP contribution in [-0.4, -0.2) is 6.04 Å². The number of hydrogen-bond acceptors (Lipinski definition) is 2. The minimum atomic E-state index is 0.476. The molecular formula is C20H25NO. The van der Waals surface area contributed by atoms with E-state index in [1.807, 2.05) is 6.07 Å². The average Bonchev–Trinajstić information content (AvgIpc) is 2.77. The second kappa shape index (κ2) is 6.87. The molecule has 0 spiro atoms. The minimum Gasteiger partial charge on any atom is -0.453 e. The Kier molecular flexibility index (Phi) is 4.67. The van der Waals surface area contributed by atoms with E-state index in [0.717, 1.165) is 17.9 Å². The van der Waals surface area contributed by atoms with Crippen LogP contribution in [0.15, 0.2) is 60.0 Å². The summed E-state index contributed by atoms with van der Waals surface area (Å²) in [6.45, 7) is 4.59. The summed E-state index contributed by atoms with van der Waals surface area (Å²) >= 11 is 0. The van der Waals surface area contributed by atoms with Crippen LogP contribution in [0.5, 0.6) is 5.75 Å². The molecule has 0 N–H and O–H groups in total. The first-order valence-electron chi connectivity index (χ1n) is 8.44. The molecule has 0 aromatic heterocycles. The summed E-state index contributed by atoms with van der Waals surface area (Å²) in [6.07, 6.45) is 14.6. The van der Waals surface area contributed by atoms with Crippen molar-refractivity contribution in [2.45, 2.75) is 52.0 Å². The fourth-order valence-corrected chi connectivity index (χ4v) is 3.19. The number of nitrogens with zero attached hydrogens (tertiary/aromatic N) is 1. The lowest BCUT2D eigenvalue weighted by molar-refractivity contribution is 0.407. The molecule has 116 valence electrons. The van der Waals surface area contributed by atoms with Crippen LogP contribution in [0.3, 0.4) is 0 Å². The van der Waals surface area contributed by atoms with Gasteiger partial charge in [0.25, 0.3) is 0 Å². The Labute approximate surface area is 133 Å². The van der Waals surface area contributed by atoms with Crippen molar-refractivity contribution in [2.24, 2.45) is 0 Å². The molecule has 2 heteroatoms. The van der Waals surface area contributed by atoms with Gasteiger partial charge in [0, 0.05) is 6.04 Å². The van der Waals surface area contributed by atoms with Gasteiger partial charge in [0.1, 0.15) is 0 Å². The first-order chi connectivity index (χ1) is 10.8. The number of rotatable bonds is 5. The molecule has 0 radical (unpaired) electrons. The number of para-hydroxylation sites is 2. The third-order valence-electron chi connectivity index (χ3n) is 4.35. The van der Waals surface area contributed by atoms with Gasteiger partial charge in [0.2, 0.25) is 0 Å². The number of benzene rings is 1. The maximum absolute atomic E-state index is 6.12. The number of fused-ring (bicyclic) bond motifs is 2. The van der Waals surface area contributed by atoms with E-state index in [4.69, 9.17) is 4.74 Å². The summed E-state index contributed by atoms with van der Waals surface area (Å²) in [4.78, 5) is 2.47. The van der Waals surface area contributed by atoms with Crippen LogP contribution in [0.25, 0.3) is 0 Å². The van der Waals surface area contributed by atoms with E-state index in [1.54, 1.807) is 0 Å². The molecule has 1 unspecified atom stereocenters. The molecule has 22 heavy (non-hydrogen) atoms. The van der Waals surface area contributed by atoms with Crippen molar-refractivity contribution < 1.29 is 4.74 Å². The molecule has 2 aliphatic rings. The van der Waals surface area contributed by atoms with E-state index in [0.29, 0.717) is 6.04 Å². The maximum Gasteiger partial charge on any atom is 0.151 e. The van der Waals surface area contributed by atoms with E-state index < -0.39 is 0 Å². The van der Waals surface area contributed by atoms with Gasteiger partial charge in [-0.25, -0.2) is 0 Å². The third kappa shape index (κ3) is 2.96. The van der Waals surface area contributed by atoms with Crippen molar-refractivity contribution in [1.29, 1.82) is 0 Å². The highest BCUT2D eigenvalue weighted by Crippen LogP contribution is 2.42. The molecule has 2 nitrogen and oxygen atoms in total. The van der Waals surface area contributed by atoms with Crippen molar-refractivity contribution in [2.75, 3.05) is 4.90 Å². The van der Waals surface area contributed by atoms with Gasteiger partial charge in [0.05, 0.1) is 11.4 Å². The largest absolute Gasteiger partial charge is 0.453 e. The van der Waals surface area contributed by atoms with E-state index in [-0.39, 0.29) is 0 Å². The van der Waals surface area contributed by atoms with E-state index in [2.05, 4.69) is 61.3 Å². The zero-order valence-corrected chi connectivity index (χ0v) is 13.6. The highest BCUT2D eigenvalue weighted by atomic mass is 16.5. The molecule has 0 fully saturated rings. The lowest BCUT2D eigenvalue weighted by Gasteiger charge is -2.39. The fourth-order valence-electron chi connectivity index (χ4n) is 3.19.